The minimum Gasteiger partial charge on any atom is -0.304 e. The number of benzene rings is 1. The molecule has 0 spiro atoms. The van der Waals surface area contributed by atoms with E-state index >= 15 is 0 Å². The molecule has 13 heavy (non-hydrogen) atoms. The van der Waals surface area contributed by atoms with Crippen molar-refractivity contribution in [1.82, 2.24) is 9.55 Å². The molecule has 1 aromatic heterocycles. The third-order valence-corrected chi connectivity index (χ3v) is 2.07. The molecule has 1 aromatic carbocycles. The fourth-order valence-corrected chi connectivity index (χ4v) is 1.42. The van der Waals surface area contributed by atoms with Crippen molar-refractivity contribution in [1.29, 1.82) is 0 Å². The average Bonchev–Trinajstić information content (AvgIpc) is 2.67. The Morgan fingerprint density at radius 2 is 2.00 bits per heavy atom. The molecule has 2 rings (SSSR count). The lowest BCUT2D eigenvalue weighted by Gasteiger charge is -2.04. The van der Waals surface area contributed by atoms with E-state index in [4.69, 9.17) is 0 Å². The predicted octanol–water partition coefficient (Wildman–Crippen LogP) is 2.43. The van der Waals surface area contributed by atoms with Gasteiger partial charge in [0.15, 0.2) is 0 Å². The SMILES string of the molecule is CCc1nccn1-c1ccccc1. The second-order valence-electron chi connectivity index (χ2n) is 2.90. The van der Waals surface area contributed by atoms with Gasteiger partial charge in [-0.1, -0.05) is 25.1 Å². The Morgan fingerprint density at radius 1 is 1.23 bits per heavy atom. The van der Waals surface area contributed by atoms with Gasteiger partial charge in [-0.3, -0.25) is 0 Å². The van der Waals surface area contributed by atoms with Crippen molar-refractivity contribution in [3.63, 3.8) is 0 Å². The summed E-state index contributed by atoms with van der Waals surface area (Å²) in [5.74, 6) is 1.10. The summed E-state index contributed by atoms with van der Waals surface area (Å²) in [6.07, 6.45) is 4.79. The highest BCUT2D eigenvalue weighted by atomic mass is 15.1. The summed E-state index contributed by atoms with van der Waals surface area (Å²) < 4.78 is 2.11. The molecule has 0 fully saturated rings. The van der Waals surface area contributed by atoms with Crippen LogP contribution in [0.25, 0.3) is 5.69 Å². The van der Waals surface area contributed by atoms with Crippen molar-refractivity contribution in [2.75, 3.05) is 0 Å². The number of imidazole rings is 1. The first-order chi connectivity index (χ1) is 6.42. The molecule has 1 heterocycles. The quantitative estimate of drug-likeness (QED) is 0.680. The molecule has 0 saturated heterocycles. The van der Waals surface area contributed by atoms with E-state index in [1.54, 1.807) is 0 Å². The maximum absolute atomic E-state index is 4.27. The van der Waals surface area contributed by atoms with Gasteiger partial charge in [0, 0.05) is 24.5 Å². The standard InChI is InChI=1S/C11H12N2/c1-2-11-12-8-9-13(11)10-6-4-3-5-7-10/h3-9H,2H2,1H3. The molecule has 0 amide bonds. The fraction of sp³-hybridized carbons (Fsp3) is 0.182. The summed E-state index contributed by atoms with van der Waals surface area (Å²) in [6.45, 7) is 2.11. The molecule has 0 aliphatic carbocycles. The van der Waals surface area contributed by atoms with Crippen LogP contribution in [0, 0.1) is 0 Å². The summed E-state index contributed by atoms with van der Waals surface area (Å²) in [5.41, 5.74) is 1.18. The Labute approximate surface area is 77.9 Å². The maximum atomic E-state index is 4.27. The highest BCUT2D eigenvalue weighted by Gasteiger charge is 2.00. The van der Waals surface area contributed by atoms with Crippen LogP contribution < -0.4 is 0 Å². The van der Waals surface area contributed by atoms with Gasteiger partial charge in [0.05, 0.1) is 0 Å². The molecule has 0 saturated carbocycles. The normalized spacial score (nSPS) is 10.2. The van der Waals surface area contributed by atoms with Gasteiger partial charge < -0.3 is 4.57 Å². The van der Waals surface area contributed by atoms with E-state index in [0.717, 1.165) is 12.2 Å². The van der Waals surface area contributed by atoms with E-state index in [2.05, 4.69) is 28.6 Å². The summed E-state index contributed by atoms with van der Waals surface area (Å²) in [4.78, 5) is 4.27. The van der Waals surface area contributed by atoms with E-state index in [1.807, 2.05) is 30.6 Å². The lowest BCUT2D eigenvalue weighted by molar-refractivity contribution is 0.891. The van der Waals surface area contributed by atoms with Crippen molar-refractivity contribution >= 4 is 0 Å². The molecule has 0 atom stereocenters. The van der Waals surface area contributed by atoms with E-state index < -0.39 is 0 Å². The summed E-state index contributed by atoms with van der Waals surface area (Å²) >= 11 is 0. The first-order valence-corrected chi connectivity index (χ1v) is 4.49. The van der Waals surface area contributed by atoms with Crippen LogP contribution in [0.4, 0.5) is 0 Å². The molecule has 0 radical (unpaired) electrons. The lowest BCUT2D eigenvalue weighted by atomic mass is 10.3. The van der Waals surface area contributed by atoms with Gasteiger partial charge >= 0.3 is 0 Å². The Balaban J connectivity index is 2.47. The van der Waals surface area contributed by atoms with Gasteiger partial charge in [-0.25, -0.2) is 4.98 Å². The largest absolute Gasteiger partial charge is 0.304 e. The Hall–Kier alpha value is -1.57. The second kappa shape index (κ2) is 3.44. The van der Waals surface area contributed by atoms with Gasteiger partial charge in [-0.2, -0.15) is 0 Å². The van der Waals surface area contributed by atoms with Gasteiger partial charge in [0.1, 0.15) is 5.82 Å². The third kappa shape index (κ3) is 1.47. The number of aryl methyl sites for hydroxylation is 1. The van der Waals surface area contributed by atoms with Crippen LogP contribution in [0.5, 0.6) is 0 Å². The molecule has 2 heteroatoms. The zero-order valence-corrected chi connectivity index (χ0v) is 7.64. The lowest BCUT2D eigenvalue weighted by Crippen LogP contribution is -1.97. The summed E-state index contributed by atoms with van der Waals surface area (Å²) in [6, 6.07) is 10.3. The summed E-state index contributed by atoms with van der Waals surface area (Å²) in [7, 11) is 0. The fourth-order valence-electron chi connectivity index (χ4n) is 1.42. The van der Waals surface area contributed by atoms with Crippen LogP contribution in [-0.4, -0.2) is 9.55 Å². The van der Waals surface area contributed by atoms with E-state index in [0.29, 0.717) is 0 Å². The first-order valence-electron chi connectivity index (χ1n) is 4.49. The number of aromatic nitrogens is 2. The monoisotopic (exact) mass is 172 g/mol. The minimum atomic E-state index is 0.960. The number of hydrogen-bond acceptors (Lipinski definition) is 1. The van der Waals surface area contributed by atoms with Crippen molar-refractivity contribution in [2.24, 2.45) is 0 Å². The number of rotatable bonds is 2. The van der Waals surface area contributed by atoms with Crippen LogP contribution in [0.1, 0.15) is 12.7 Å². The highest BCUT2D eigenvalue weighted by Crippen LogP contribution is 2.09. The number of para-hydroxylation sites is 1. The van der Waals surface area contributed by atoms with Crippen LogP contribution >= 0.6 is 0 Å². The van der Waals surface area contributed by atoms with Crippen molar-refractivity contribution < 1.29 is 0 Å². The second-order valence-corrected chi connectivity index (χ2v) is 2.90. The van der Waals surface area contributed by atoms with Crippen LogP contribution in [-0.2, 0) is 6.42 Å². The average molecular weight is 172 g/mol. The molecule has 0 unspecified atom stereocenters. The van der Waals surface area contributed by atoms with Gasteiger partial charge in [-0.15, -0.1) is 0 Å². The Morgan fingerprint density at radius 3 is 2.69 bits per heavy atom. The zero-order valence-electron chi connectivity index (χ0n) is 7.64. The van der Waals surface area contributed by atoms with E-state index in [1.165, 1.54) is 5.69 Å². The zero-order chi connectivity index (χ0) is 9.10. The maximum Gasteiger partial charge on any atom is 0.112 e. The van der Waals surface area contributed by atoms with E-state index in [-0.39, 0.29) is 0 Å². The molecular formula is C11H12N2. The third-order valence-electron chi connectivity index (χ3n) is 2.07. The topological polar surface area (TPSA) is 17.8 Å². The molecular weight excluding hydrogens is 160 g/mol. The minimum absolute atomic E-state index is 0.960. The molecule has 0 aliphatic rings. The predicted molar refractivity (Wildman–Crippen MR) is 52.9 cm³/mol. The highest BCUT2D eigenvalue weighted by molar-refractivity contribution is 5.32. The van der Waals surface area contributed by atoms with Crippen LogP contribution in [0.2, 0.25) is 0 Å². The van der Waals surface area contributed by atoms with E-state index in [9.17, 15) is 0 Å². The van der Waals surface area contributed by atoms with Gasteiger partial charge in [0.25, 0.3) is 0 Å². The molecule has 66 valence electrons. The smallest absolute Gasteiger partial charge is 0.112 e. The Kier molecular flexibility index (Phi) is 2.13. The number of nitrogens with zero attached hydrogens (tertiary/aromatic N) is 2. The number of hydrogen-bond donors (Lipinski definition) is 0. The first kappa shape index (κ1) is 8.05. The Bertz CT molecular complexity index is 376. The van der Waals surface area contributed by atoms with Crippen molar-refractivity contribution in [3.8, 4) is 5.69 Å². The van der Waals surface area contributed by atoms with Gasteiger partial charge in [-0.05, 0) is 12.1 Å². The molecule has 2 aromatic rings. The van der Waals surface area contributed by atoms with Crippen LogP contribution in [0.15, 0.2) is 42.7 Å². The molecule has 2 nitrogen and oxygen atoms in total. The molecule has 0 bridgehead atoms. The summed E-state index contributed by atoms with van der Waals surface area (Å²) in [5, 5.41) is 0. The van der Waals surface area contributed by atoms with Crippen molar-refractivity contribution in [3.05, 3.63) is 48.5 Å². The molecule has 0 N–H and O–H groups in total. The van der Waals surface area contributed by atoms with Gasteiger partial charge in [0.2, 0.25) is 0 Å². The molecule has 0 aliphatic heterocycles. The van der Waals surface area contributed by atoms with Crippen LogP contribution in [0.3, 0.4) is 0 Å². The van der Waals surface area contributed by atoms with Crippen molar-refractivity contribution in [2.45, 2.75) is 13.3 Å².